The van der Waals surface area contributed by atoms with Gasteiger partial charge in [0.1, 0.15) is 6.04 Å². The third-order valence-corrected chi connectivity index (χ3v) is 5.23. The third kappa shape index (κ3) is 2.48. The number of fused-ring (bicyclic) bond motifs is 2. The summed E-state index contributed by atoms with van der Waals surface area (Å²) in [6.45, 7) is 0. The van der Waals surface area contributed by atoms with Crippen molar-refractivity contribution in [3.63, 3.8) is 0 Å². The van der Waals surface area contributed by atoms with E-state index in [9.17, 15) is 0 Å². The molecule has 2 aromatic rings. The van der Waals surface area contributed by atoms with E-state index in [1.54, 1.807) is 0 Å². The van der Waals surface area contributed by atoms with Gasteiger partial charge in [0.15, 0.2) is 0 Å². The van der Waals surface area contributed by atoms with Crippen molar-refractivity contribution in [2.24, 2.45) is 23.5 Å². The van der Waals surface area contributed by atoms with Crippen molar-refractivity contribution in [2.75, 3.05) is 0 Å². The molecule has 0 radical (unpaired) electrons. The molecule has 2 fully saturated rings. The van der Waals surface area contributed by atoms with Gasteiger partial charge in [-0.05, 0) is 42.6 Å². The van der Waals surface area contributed by atoms with Gasteiger partial charge in [0.25, 0.3) is 0 Å². The van der Waals surface area contributed by atoms with Crippen LogP contribution < -0.4 is 5.73 Å². The second-order valence-corrected chi connectivity index (χ2v) is 6.56. The van der Waals surface area contributed by atoms with Gasteiger partial charge in [-0.2, -0.15) is 0 Å². The lowest BCUT2D eigenvalue weighted by molar-refractivity contribution is 0.302. The Labute approximate surface area is 124 Å². The van der Waals surface area contributed by atoms with Crippen LogP contribution in [0.5, 0.6) is 0 Å². The number of benzene rings is 1. The molecule has 110 valence electrons. The van der Waals surface area contributed by atoms with Gasteiger partial charge < -0.3 is 10.2 Å². The van der Waals surface area contributed by atoms with Gasteiger partial charge in [-0.15, -0.1) is 10.2 Å². The van der Waals surface area contributed by atoms with Crippen LogP contribution in [0, 0.1) is 17.8 Å². The van der Waals surface area contributed by atoms with Gasteiger partial charge >= 0.3 is 0 Å². The Bertz CT molecular complexity index is 610. The third-order valence-electron chi connectivity index (χ3n) is 5.23. The summed E-state index contributed by atoms with van der Waals surface area (Å²) in [6, 6.07) is 9.58. The molecular formula is C17H21N3O. The monoisotopic (exact) mass is 283 g/mol. The molecule has 0 amide bonds. The van der Waals surface area contributed by atoms with Crippen LogP contribution in [0.15, 0.2) is 34.7 Å². The van der Waals surface area contributed by atoms with E-state index >= 15 is 0 Å². The number of nitrogens with zero attached hydrogens (tertiary/aromatic N) is 2. The van der Waals surface area contributed by atoms with E-state index in [1.807, 2.05) is 30.3 Å². The number of rotatable bonds is 4. The summed E-state index contributed by atoms with van der Waals surface area (Å²) in [4.78, 5) is 0. The number of hydrogen-bond donors (Lipinski definition) is 1. The second kappa shape index (κ2) is 5.26. The summed E-state index contributed by atoms with van der Waals surface area (Å²) in [5.74, 6) is 3.86. The Hall–Kier alpha value is -1.68. The molecular weight excluding hydrogens is 262 g/mol. The summed E-state index contributed by atoms with van der Waals surface area (Å²) in [5, 5.41) is 8.37. The van der Waals surface area contributed by atoms with Crippen molar-refractivity contribution in [2.45, 2.75) is 38.1 Å². The predicted molar refractivity (Wildman–Crippen MR) is 79.4 cm³/mol. The average Bonchev–Trinajstić information content (AvgIpc) is 3.24. The van der Waals surface area contributed by atoms with Crippen LogP contribution in [0.3, 0.4) is 0 Å². The molecule has 2 N–H and O–H groups in total. The Morgan fingerprint density at radius 1 is 1.14 bits per heavy atom. The zero-order valence-corrected chi connectivity index (χ0v) is 12.1. The van der Waals surface area contributed by atoms with Crippen molar-refractivity contribution in [1.29, 1.82) is 0 Å². The maximum Gasteiger partial charge on any atom is 0.237 e. The summed E-state index contributed by atoms with van der Waals surface area (Å²) in [6.07, 6.45) is 6.49. The first-order valence-corrected chi connectivity index (χ1v) is 7.92. The van der Waals surface area contributed by atoms with Gasteiger partial charge in [0.05, 0.1) is 0 Å². The van der Waals surface area contributed by atoms with E-state index in [1.165, 1.54) is 25.7 Å². The molecule has 4 nitrogen and oxygen atoms in total. The van der Waals surface area contributed by atoms with Gasteiger partial charge in [0, 0.05) is 6.42 Å². The number of hydrogen-bond acceptors (Lipinski definition) is 4. The largest absolute Gasteiger partial charge is 0.423 e. The van der Waals surface area contributed by atoms with Gasteiger partial charge in [-0.3, -0.25) is 0 Å². The highest BCUT2D eigenvalue weighted by Crippen LogP contribution is 2.49. The fourth-order valence-corrected chi connectivity index (χ4v) is 4.13. The van der Waals surface area contributed by atoms with Crippen LogP contribution in [0.1, 0.15) is 49.1 Å². The van der Waals surface area contributed by atoms with Crippen molar-refractivity contribution in [3.8, 4) is 0 Å². The summed E-state index contributed by atoms with van der Waals surface area (Å²) in [5.41, 5.74) is 7.21. The molecule has 0 aliphatic heterocycles. The van der Waals surface area contributed by atoms with Crippen LogP contribution >= 0.6 is 0 Å². The average molecular weight is 283 g/mol. The molecule has 21 heavy (non-hydrogen) atoms. The van der Waals surface area contributed by atoms with Crippen molar-refractivity contribution in [3.05, 3.63) is 47.7 Å². The molecule has 2 saturated carbocycles. The molecule has 2 aliphatic rings. The van der Waals surface area contributed by atoms with Crippen LogP contribution in [-0.2, 0) is 6.42 Å². The first-order chi connectivity index (χ1) is 10.3. The molecule has 4 atom stereocenters. The molecule has 0 spiro atoms. The van der Waals surface area contributed by atoms with Crippen molar-refractivity contribution < 1.29 is 4.42 Å². The minimum Gasteiger partial charge on any atom is -0.423 e. The van der Waals surface area contributed by atoms with Crippen LogP contribution in [0.25, 0.3) is 0 Å². The van der Waals surface area contributed by atoms with Crippen molar-refractivity contribution >= 4 is 0 Å². The van der Waals surface area contributed by atoms with E-state index in [-0.39, 0.29) is 6.04 Å². The normalized spacial score (nSPS) is 28.9. The van der Waals surface area contributed by atoms with Gasteiger partial charge in [0.2, 0.25) is 11.8 Å². The smallest absolute Gasteiger partial charge is 0.237 e. The molecule has 4 unspecified atom stereocenters. The summed E-state index contributed by atoms with van der Waals surface area (Å²) >= 11 is 0. The lowest BCUT2D eigenvalue weighted by Crippen LogP contribution is -2.13. The van der Waals surface area contributed by atoms with Gasteiger partial charge in [-0.25, -0.2) is 0 Å². The fourth-order valence-electron chi connectivity index (χ4n) is 4.13. The van der Waals surface area contributed by atoms with E-state index < -0.39 is 0 Å². The molecule has 1 heterocycles. The molecule has 1 aromatic heterocycles. The van der Waals surface area contributed by atoms with Crippen LogP contribution in [0.4, 0.5) is 0 Å². The van der Waals surface area contributed by atoms with E-state index in [0.29, 0.717) is 5.89 Å². The summed E-state index contributed by atoms with van der Waals surface area (Å²) in [7, 11) is 0. The zero-order valence-electron chi connectivity index (χ0n) is 12.1. The standard InChI is InChI=1S/C17H21N3O/c18-16(12-4-2-1-3-5-12)17-20-19-15(21-17)10-14-9-11-6-7-13(14)8-11/h1-5,11,13-14,16H,6-10,18H2. The van der Waals surface area contributed by atoms with E-state index in [4.69, 9.17) is 10.2 Å². The Balaban J connectivity index is 1.46. The molecule has 2 bridgehead atoms. The SMILES string of the molecule is NC(c1ccccc1)c1nnc(CC2CC3CCC2C3)o1. The molecule has 4 rings (SSSR count). The minimum atomic E-state index is -0.326. The number of aromatic nitrogens is 2. The van der Waals surface area contributed by atoms with Crippen LogP contribution in [-0.4, -0.2) is 10.2 Å². The highest BCUT2D eigenvalue weighted by Gasteiger charge is 2.40. The van der Waals surface area contributed by atoms with E-state index in [0.717, 1.165) is 35.6 Å². The lowest BCUT2D eigenvalue weighted by Gasteiger charge is -2.19. The first-order valence-electron chi connectivity index (χ1n) is 7.92. The minimum absolute atomic E-state index is 0.326. The predicted octanol–water partition coefficient (Wildman–Crippen LogP) is 3.10. The van der Waals surface area contributed by atoms with Crippen molar-refractivity contribution in [1.82, 2.24) is 10.2 Å². The van der Waals surface area contributed by atoms with Crippen LogP contribution in [0.2, 0.25) is 0 Å². The first kappa shape index (κ1) is 13.0. The molecule has 4 heteroatoms. The van der Waals surface area contributed by atoms with Gasteiger partial charge in [-0.1, -0.05) is 36.8 Å². The summed E-state index contributed by atoms with van der Waals surface area (Å²) < 4.78 is 5.82. The molecule has 0 saturated heterocycles. The molecule has 2 aliphatic carbocycles. The number of nitrogens with two attached hydrogens (primary N) is 1. The Morgan fingerprint density at radius 2 is 2.00 bits per heavy atom. The maximum absolute atomic E-state index is 6.20. The second-order valence-electron chi connectivity index (χ2n) is 6.56. The maximum atomic E-state index is 6.20. The zero-order chi connectivity index (χ0) is 14.2. The quantitative estimate of drug-likeness (QED) is 0.936. The molecule has 1 aromatic carbocycles. The Morgan fingerprint density at radius 3 is 2.71 bits per heavy atom. The lowest BCUT2D eigenvalue weighted by atomic mass is 9.86. The topological polar surface area (TPSA) is 64.9 Å². The van der Waals surface area contributed by atoms with E-state index in [2.05, 4.69) is 10.2 Å². The fraction of sp³-hybridized carbons (Fsp3) is 0.529. The highest BCUT2D eigenvalue weighted by atomic mass is 16.4. The highest BCUT2D eigenvalue weighted by molar-refractivity contribution is 5.22. The Kier molecular flexibility index (Phi) is 3.26.